The molecule has 1 aromatic heterocycles. The summed E-state index contributed by atoms with van der Waals surface area (Å²) >= 11 is 0. The largest absolute Gasteiger partial charge is 0.506 e. The van der Waals surface area contributed by atoms with Crippen LogP contribution in [0.4, 0.5) is 5.69 Å². The molecule has 15 heavy (non-hydrogen) atoms. The van der Waals surface area contributed by atoms with Crippen molar-refractivity contribution >= 4 is 5.69 Å². The fourth-order valence-corrected chi connectivity index (χ4v) is 1.30. The normalized spacial score (nSPS) is 10.1. The number of benzene rings is 1. The van der Waals surface area contributed by atoms with Gasteiger partial charge in [0.1, 0.15) is 5.75 Å². The van der Waals surface area contributed by atoms with Gasteiger partial charge in [-0.25, -0.2) is 0 Å². The van der Waals surface area contributed by atoms with E-state index in [4.69, 9.17) is 10.8 Å². The number of nitrogens with one attached hydrogen (secondary N) is 1. The van der Waals surface area contributed by atoms with E-state index in [1.807, 2.05) is 24.3 Å². The van der Waals surface area contributed by atoms with Crippen molar-refractivity contribution in [2.75, 3.05) is 11.2 Å². The number of nitrogens with zero attached hydrogens (tertiary/aromatic N) is 1. The van der Waals surface area contributed by atoms with Gasteiger partial charge in [-0.3, -0.25) is 4.68 Å². The molecule has 0 radical (unpaired) electrons. The number of anilines is 1. The van der Waals surface area contributed by atoms with Crippen LogP contribution >= 0.6 is 0 Å². The first kappa shape index (κ1) is 9.45. The van der Waals surface area contributed by atoms with Crippen molar-refractivity contribution in [2.45, 2.75) is 6.54 Å². The van der Waals surface area contributed by atoms with E-state index in [2.05, 4.69) is 5.43 Å². The number of aromatic hydroxyl groups is 1. The lowest BCUT2D eigenvalue weighted by Crippen LogP contribution is -2.11. The third kappa shape index (κ3) is 2.43. The summed E-state index contributed by atoms with van der Waals surface area (Å²) in [6.45, 7) is 0.689. The first-order chi connectivity index (χ1) is 7.24. The molecular formula is C11H13N3O. The topological polar surface area (TPSA) is 63.2 Å². The van der Waals surface area contributed by atoms with E-state index in [1.165, 1.54) is 0 Å². The minimum atomic E-state index is 0.250. The summed E-state index contributed by atoms with van der Waals surface area (Å²) in [7, 11) is 0. The summed E-state index contributed by atoms with van der Waals surface area (Å²) in [4.78, 5) is 0. The molecule has 1 aromatic carbocycles. The van der Waals surface area contributed by atoms with E-state index in [0.717, 1.165) is 11.3 Å². The summed E-state index contributed by atoms with van der Waals surface area (Å²) < 4.78 is 1.71. The number of rotatable bonds is 3. The Labute approximate surface area is 87.9 Å². The van der Waals surface area contributed by atoms with Gasteiger partial charge in [-0.2, -0.15) is 0 Å². The fourth-order valence-electron chi connectivity index (χ4n) is 1.30. The average molecular weight is 203 g/mol. The molecule has 4 N–H and O–H groups in total. The van der Waals surface area contributed by atoms with Crippen molar-refractivity contribution in [3.63, 3.8) is 0 Å². The zero-order valence-corrected chi connectivity index (χ0v) is 8.22. The molecule has 4 nitrogen and oxygen atoms in total. The van der Waals surface area contributed by atoms with Crippen LogP contribution in [0.15, 0.2) is 42.7 Å². The summed E-state index contributed by atoms with van der Waals surface area (Å²) in [5.74, 6) is 0.250. The molecule has 78 valence electrons. The van der Waals surface area contributed by atoms with Crippen LogP contribution in [0.5, 0.6) is 5.75 Å². The number of nitrogens with two attached hydrogens (primary N) is 1. The lowest BCUT2D eigenvalue weighted by Gasteiger charge is -2.07. The monoisotopic (exact) mass is 203 g/mol. The van der Waals surface area contributed by atoms with Crippen LogP contribution in [-0.2, 0) is 6.54 Å². The number of hydrogen-bond donors (Lipinski definition) is 3. The molecule has 0 fully saturated rings. The molecule has 4 heteroatoms. The van der Waals surface area contributed by atoms with E-state index in [9.17, 15) is 0 Å². The molecule has 0 atom stereocenters. The second-order valence-corrected chi connectivity index (χ2v) is 3.35. The summed E-state index contributed by atoms with van der Waals surface area (Å²) in [5.41, 5.74) is 10.6. The van der Waals surface area contributed by atoms with E-state index in [1.54, 1.807) is 23.1 Å². The SMILES string of the molecule is Nc1ccc(CNn2ccc(O)c2)cc1. The minimum Gasteiger partial charge on any atom is -0.506 e. The van der Waals surface area contributed by atoms with Gasteiger partial charge < -0.3 is 16.3 Å². The Kier molecular flexibility index (Phi) is 2.49. The van der Waals surface area contributed by atoms with E-state index >= 15 is 0 Å². The maximum absolute atomic E-state index is 9.11. The molecule has 0 bridgehead atoms. The molecule has 0 saturated carbocycles. The molecule has 0 aliphatic rings. The van der Waals surface area contributed by atoms with Gasteiger partial charge in [-0.1, -0.05) is 12.1 Å². The zero-order chi connectivity index (χ0) is 10.7. The van der Waals surface area contributed by atoms with Gasteiger partial charge >= 0.3 is 0 Å². The Morgan fingerprint density at radius 1 is 1.20 bits per heavy atom. The summed E-state index contributed by atoms with van der Waals surface area (Å²) in [6.07, 6.45) is 3.37. The Balaban J connectivity index is 1.96. The number of hydrogen-bond acceptors (Lipinski definition) is 3. The van der Waals surface area contributed by atoms with Gasteiger partial charge in [-0.05, 0) is 23.8 Å². The molecule has 0 saturated heterocycles. The lowest BCUT2D eigenvalue weighted by atomic mass is 10.2. The summed E-state index contributed by atoms with van der Waals surface area (Å²) in [5, 5.41) is 9.11. The van der Waals surface area contributed by atoms with Gasteiger partial charge in [0.2, 0.25) is 0 Å². The smallest absolute Gasteiger partial charge is 0.135 e. The van der Waals surface area contributed by atoms with E-state index in [-0.39, 0.29) is 5.75 Å². The second-order valence-electron chi connectivity index (χ2n) is 3.35. The zero-order valence-electron chi connectivity index (χ0n) is 8.22. The van der Waals surface area contributed by atoms with E-state index < -0.39 is 0 Å². The van der Waals surface area contributed by atoms with Crippen molar-refractivity contribution < 1.29 is 5.11 Å². The van der Waals surface area contributed by atoms with E-state index in [0.29, 0.717) is 6.54 Å². The van der Waals surface area contributed by atoms with Gasteiger partial charge in [-0.15, -0.1) is 0 Å². The first-order valence-corrected chi connectivity index (χ1v) is 4.69. The van der Waals surface area contributed by atoms with Gasteiger partial charge in [0.05, 0.1) is 12.7 Å². The maximum atomic E-state index is 9.11. The molecule has 0 spiro atoms. The highest BCUT2D eigenvalue weighted by molar-refractivity contribution is 5.39. The van der Waals surface area contributed by atoms with Crippen LogP contribution in [0.3, 0.4) is 0 Å². The first-order valence-electron chi connectivity index (χ1n) is 4.69. The van der Waals surface area contributed by atoms with Crippen molar-refractivity contribution in [3.8, 4) is 5.75 Å². The van der Waals surface area contributed by atoms with Crippen LogP contribution in [0, 0.1) is 0 Å². The predicted octanol–water partition coefficient (Wildman–Crippen LogP) is 1.52. The van der Waals surface area contributed by atoms with Crippen LogP contribution in [0.1, 0.15) is 5.56 Å². The molecule has 2 rings (SSSR count). The third-order valence-electron chi connectivity index (χ3n) is 2.12. The van der Waals surface area contributed by atoms with Crippen molar-refractivity contribution in [3.05, 3.63) is 48.3 Å². The molecule has 0 amide bonds. The second kappa shape index (κ2) is 3.96. The molecule has 0 aliphatic heterocycles. The van der Waals surface area contributed by atoms with Crippen molar-refractivity contribution in [1.29, 1.82) is 0 Å². The van der Waals surface area contributed by atoms with Crippen LogP contribution in [-0.4, -0.2) is 9.78 Å². The Morgan fingerprint density at radius 3 is 2.53 bits per heavy atom. The molecule has 1 heterocycles. The average Bonchev–Trinajstić information content (AvgIpc) is 2.64. The van der Waals surface area contributed by atoms with Gasteiger partial charge in [0.25, 0.3) is 0 Å². The van der Waals surface area contributed by atoms with Crippen LogP contribution in [0.2, 0.25) is 0 Å². The minimum absolute atomic E-state index is 0.250. The van der Waals surface area contributed by atoms with Crippen molar-refractivity contribution in [2.24, 2.45) is 0 Å². The molecular weight excluding hydrogens is 190 g/mol. The van der Waals surface area contributed by atoms with Gasteiger partial charge in [0, 0.05) is 11.9 Å². The Morgan fingerprint density at radius 2 is 1.93 bits per heavy atom. The third-order valence-corrected chi connectivity index (χ3v) is 2.12. The highest BCUT2D eigenvalue weighted by atomic mass is 16.3. The maximum Gasteiger partial charge on any atom is 0.135 e. The lowest BCUT2D eigenvalue weighted by molar-refractivity contribution is 0.474. The molecule has 0 aliphatic carbocycles. The standard InChI is InChI=1S/C11H13N3O/c12-10-3-1-9(2-4-10)7-13-14-6-5-11(15)8-14/h1-6,8,13,15H,7,12H2. The Bertz CT molecular complexity index is 433. The number of nitrogen functional groups attached to an aromatic ring is 1. The number of aromatic nitrogens is 1. The summed E-state index contributed by atoms with van der Waals surface area (Å²) in [6, 6.07) is 9.28. The van der Waals surface area contributed by atoms with Gasteiger partial charge in [0.15, 0.2) is 0 Å². The molecule has 0 unspecified atom stereocenters. The quantitative estimate of drug-likeness (QED) is 0.663. The Hall–Kier alpha value is -2.10. The van der Waals surface area contributed by atoms with Crippen molar-refractivity contribution in [1.82, 2.24) is 4.68 Å². The fraction of sp³-hybridized carbons (Fsp3) is 0.0909. The highest BCUT2D eigenvalue weighted by Gasteiger charge is 1.94. The van der Waals surface area contributed by atoms with Crippen LogP contribution in [0.25, 0.3) is 0 Å². The highest BCUT2D eigenvalue weighted by Crippen LogP contribution is 2.08. The molecule has 2 aromatic rings. The predicted molar refractivity (Wildman–Crippen MR) is 60.0 cm³/mol. The van der Waals surface area contributed by atoms with Crippen LogP contribution < -0.4 is 11.2 Å².